The minimum Gasteiger partial charge on any atom is -0.375 e. The van der Waals surface area contributed by atoms with E-state index in [1.807, 2.05) is 6.92 Å². The lowest BCUT2D eigenvalue weighted by atomic mass is 10.1. The molecule has 0 saturated carbocycles. The summed E-state index contributed by atoms with van der Waals surface area (Å²) >= 11 is 0. The molecule has 1 rings (SSSR count). The SMILES string of the molecule is CCOC(C)(C)CNCc1cc(C)n(C)c1C. The van der Waals surface area contributed by atoms with Gasteiger partial charge in [0.05, 0.1) is 5.60 Å². The summed E-state index contributed by atoms with van der Waals surface area (Å²) in [5, 5.41) is 3.47. The number of hydrogen-bond acceptors (Lipinski definition) is 2. The summed E-state index contributed by atoms with van der Waals surface area (Å²) in [4.78, 5) is 0. The van der Waals surface area contributed by atoms with Gasteiger partial charge in [-0.2, -0.15) is 0 Å². The Morgan fingerprint density at radius 3 is 2.47 bits per heavy atom. The molecule has 0 radical (unpaired) electrons. The quantitative estimate of drug-likeness (QED) is 0.824. The number of ether oxygens (including phenoxy) is 1. The van der Waals surface area contributed by atoms with Gasteiger partial charge >= 0.3 is 0 Å². The van der Waals surface area contributed by atoms with Crippen molar-refractivity contribution < 1.29 is 4.74 Å². The molecule has 0 amide bonds. The summed E-state index contributed by atoms with van der Waals surface area (Å²) in [6.45, 7) is 13.1. The van der Waals surface area contributed by atoms with E-state index < -0.39 is 0 Å². The summed E-state index contributed by atoms with van der Waals surface area (Å²) in [5.74, 6) is 0. The van der Waals surface area contributed by atoms with E-state index in [-0.39, 0.29) is 5.60 Å². The van der Waals surface area contributed by atoms with E-state index >= 15 is 0 Å². The molecule has 0 aromatic carbocycles. The molecule has 0 bridgehead atoms. The van der Waals surface area contributed by atoms with Crippen LogP contribution in [0.25, 0.3) is 0 Å². The standard InChI is InChI=1S/C14H26N2O/c1-7-17-14(4,5)10-15-9-13-8-11(2)16(6)12(13)3/h8,15H,7,9-10H2,1-6H3. The highest BCUT2D eigenvalue weighted by atomic mass is 16.5. The van der Waals surface area contributed by atoms with Gasteiger partial charge < -0.3 is 14.6 Å². The third-order valence-corrected chi connectivity index (χ3v) is 3.28. The highest BCUT2D eigenvalue weighted by Crippen LogP contribution is 2.13. The van der Waals surface area contributed by atoms with Crippen LogP contribution in [0.3, 0.4) is 0 Å². The van der Waals surface area contributed by atoms with Crippen molar-refractivity contribution in [1.29, 1.82) is 0 Å². The molecule has 3 nitrogen and oxygen atoms in total. The van der Waals surface area contributed by atoms with Crippen molar-refractivity contribution in [3.8, 4) is 0 Å². The molecular weight excluding hydrogens is 212 g/mol. The monoisotopic (exact) mass is 238 g/mol. The number of nitrogens with one attached hydrogen (secondary N) is 1. The number of nitrogens with zero attached hydrogens (tertiary/aromatic N) is 1. The van der Waals surface area contributed by atoms with Gasteiger partial charge in [0.25, 0.3) is 0 Å². The Morgan fingerprint density at radius 1 is 1.35 bits per heavy atom. The number of aryl methyl sites for hydroxylation is 1. The van der Waals surface area contributed by atoms with Gasteiger partial charge in [0.1, 0.15) is 0 Å². The Bertz CT molecular complexity index is 367. The van der Waals surface area contributed by atoms with Crippen LogP contribution in [0.5, 0.6) is 0 Å². The molecule has 98 valence electrons. The van der Waals surface area contributed by atoms with Gasteiger partial charge in [-0.3, -0.25) is 0 Å². The largest absolute Gasteiger partial charge is 0.375 e. The van der Waals surface area contributed by atoms with Crippen LogP contribution in [0, 0.1) is 13.8 Å². The van der Waals surface area contributed by atoms with Crippen LogP contribution in [0.4, 0.5) is 0 Å². The number of aromatic nitrogens is 1. The molecule has 0 aliphatic carbocycles. The molecule has 17 heavy (non-hydrogen) atoms. The fourth-order valence-corrected chi connectivity index (χ4v) is 2.05. The Balaban J connectivity index is 2.48. The van der Waals surface area contributed by atoms with Gasteiger partial charge in [0.15, 0.2) is 0 Å². The summed E-state index contributed by atoms with van der Waals surface area (Å²) in [6.07, 6.45) is 0. The minimum absolute atomic E-state index is 0.0908. The van der Waals surface area contributed by atoms with E-state index in [1.165, 1.54) is 17.0 Å². The first-order valence-corrected chi connectivity index (χ1v) is 6.34. The van der Waals surface area contributed by atoms with Crippen molar-refractivity contribution in [3.05, 3.63) is 23.0 Å². The molecule has 3 heteroatoms. The average Bonchev–Trinajstić information content (AvgIpc) is 2.46. The molecular formula is C14H26N2O. The minimum atomic E-state index is -0.0908. The first-order chi connectivity index (χ1) is 7.87. The molecule has 0 spiro atoms. The second-order valence-corrected chi connectivity index (χ2v) is 5.25. The zero-order valence-electron chi connectivity index (χ0n) is 12.1. The Labute approximate surface area is 105 Å². The third-order valence-electron chi connectivity index (χ3n) is 3.28. The maximum Gasteiger partial charge on any atom is 0.0750 e. The van der Waals surface area contributed by atoms with Gasteiger partial charge in [-0.25, -0.2) is 0 Å². The van der Waals surface area contributed by atoms with Gasteiger partial charge in [-0.15, -0.1) is 0 Å². The van der Waals surface area contributed by atoms with Crippen molar-refractivity contribution in [2.45, 2.75) is 46.8 Å². The second kappa shape index (κ2) is 5.69. The zero-order chi connectivity index (χ0) is 13.1. The fraction of sp³-hybridized carbons (Fsp3) is 0.714. The maximum absolute atomic E-state index is 5.66. The molecule has 0 aliphatic rings. The summed E-state index contributed by atoms with van der Waals surface area (Å²) < 4.78 is 7.89. The van der Waals surface area contributed by atoms with Gasteiger partial charge in [-0.1, -0.05) is 0 Å². The molecule has 0 fully saturated rings. The van der Waals surface area contributed by atoms with Crippen molar-refractivity contribution >= 4 is 0 Å². The van der Waals surface area contributed by atoms with Crippen LogP contribution in [0.2, 0.25) is 0 Å². The molecule has 0 aliphatic heterocycles. The van der Waals surface area contributed by atoms with Gasteiger partial charge in [-0.05, 0) is 46.2 Å². The lowest BCUT2D eigenvalue weighted by Crippen LogP contribution is -2.37. The van der Waals surface area contributed by atoms with E-state index in [4.69, 9.17) is 4.74 Å². The highest BCUT2D eigenvalue weighted by molar-refractivity contribution is 5.26. The average molecular weight is 238 g/mol. The summed E-state index contributed by atoms with van der Waals surface area (Å²) in [6, 6.07) is 2.25. The zero-order valence-corrected chi connectivity index (χ0v) is 12.1. The van der Waals surface area contributed by atoms with Crippen LogP contribution in [-0.4, -0.2) is 23.3 Å². The predicted molar refractivity (Wildman–Crippen MR) is 72.3 cm³/mol. The first-order valence-electron chi connectivity index (χ1n) is 6.34. The second-order valence-electron chi connectivity index (χ2n) is 5.25. The van der Waals surface area contributed by atoms with Gasteiger partial charge in [0.2, 0.25) is 0 Å². The number of hydrogen-bond donors (Lipinski definition) is 1. The number of rotatable bonds is 6. The molecule has 0 atom stereocenters. The van der Waals surface area contributed by atoms with E-state index in [0.717, 1.165) is 19.7 Å². The lowest BCUT2D eigenvalue weighted by Gasteiger charge is -2.25. The van der Waals surface area contributed by atoms with Crippen LogP contribution < -0.4 is 5.32 Å². The topological polar surface area (TPSA) is 26.2 Å². The molecule has 1 aromatic rings. The van der Waals surface area contributed by atoms with Crippen LogP contribution in [-0.2, 0) is 18.3 Å². The van der Waals surface area contributed by atoms with Crippen LogP contribution in [0.15, 0.2) is 6.07 Å². The summed E-state index contributed by atoms with van der Waals surface area (Å²) in [7, 11) is 2.11. The molecule has 1 heterocycles. The van der Waals surface area contributed by atoms with E-state index in [9.17, 15) is 0 Å². The smallest absolute Gasteiger partial charge is 0.0750 e. The lowest BCUT2D eigenvalue weighted by molar-refractivity contribution is -0.00898. The van der Waals surface area contributed by atoms with E-state index in [2.05, 4.69) is 50.7 Å². The normalized spacial score (nSPS) is 12.1. The predicted octanol–water partition coefficient (Wildman–Crippen LogP) is 2.55. The van der Waals surface area contributed by atoms with Crippen molar-refractivity contribution in [1.82, 2.24) is 9.88 Å². The third kappa shape index (κ3) is 3.86. The van der Waals surface area contributed by atoms with Crippen molar-refractivity contribution in [2.75, 3.05) is 13.2 Å². The molecule has 0 unspecified atom stereocenters. The molecule has 1 aromatic heterocycles. The van der Waals surface area contributed by atoms with E-state index in [1.54, 1.807) is 0 Å². The van der Waals surface area contributed by atoms with Crippen LogP contribution in [0.1, 0.15) is 37.7 Å². The summed E-state index contributed by atoms with van der Waals surface area (Å²) in [5.41, 5.74) is 3.93. The van der Waals surface area contributed by atoms with Crippen molar-refractivity contribution in [2.24, 2.45) is 7.05 Å². The first kappa shape index (κ1) is 14.3. The van der Waals surface area contributed by atoms with Crippen molar-refractivity contribution in [3.63, 3.8) is 0 Å². The van der Waals surface area contributed by atoms with E-state index in [0.29, 0.717) is 0 Å². The Morgan fingerprint density at radius 2 is 2.00 bits per heavy atom. The van der Waals surface area contributed by atoms with Crippen LogP contribution >= 0.6 is 0 Å². The molecule has 1 N–H and O–H groups in total. The Hall–Kier alpha value is -0.800. The fourth-order valence-electron chi connectivity index (χ4n) is 2.05. The Kier molecular flexibility index (Phi) is 4.78. The molecule has 0 saturated heterocycles. The van der Waals surface area contributed by atoms with Gasteiger partial charge in [0, 0.05) is 38.1 Å². The highest BCUT2D eigenvalue weighted by Gasteiger charge is 2.17. The maximum atomic E-state index is 5.66.